The van der Waals surface area contributed by atoms with Crippen LogP contribution in [0.5, 0.6) is 17.2 Å². The van der Waals surface area contributed by atoms with Gasteiger partial charge in [0.1, 0.15) is 29.4 Å². The van der Waals surface area contributed by atoms with Crippen molar-refractivity contribution >= 4 is 23.1 Å². The van der Waals surface area contributed by atoms with Crippen molar-refractivity contribution in [3.63, 3.8) is 0 Å². The molecule has 0 radical (unpaired) electrons. The summed E-state index contributed by atoms with van der Waals surface area (Å²) >= 11 is 0. The SMILES string of the molecule is CC[C@@H](COc1cccc(CN(CCCOc2ccc(OC)cc2)c2nc3ccccc3o2)c1)C(=O)O. The van der Waals surface area contributed by atoms with E-state index >= 15 is 0 Å². The first-order valence-electron chi connectivity index (χ1n) is 12.4. The Morgan fingerprint density at radius 1 is 1.00 bits per heavy atom. The van der Waals surface area contributed by atoms with Gasteiger partial charge in [0.15, 0.2) is 5.58 Å². The summed E-state index contributed by atoms with van der Waals surface area (Å²) in [5.74, 6) is 0.820. The number of carboxylic acid groups (broad SMARTS) is 1. The number of para-hydroxylation sites is 2. The van der Waals surface area contributed by atoms with Crippen molar-refractivity contribution < 1.29 is 28.5 Å². The van der Waals surface area contributed by atoms with Crippen molar-refractivity contribution in [2.45, 2.75) is 26.3 Å². The molecule has 0 aliphatic rings. The third kappa shape index (κ3) is 7.16. The maximum Gasteiger partial charge on any atom is 0.309 e. The number of anilines is 1. The quantitative estimate of drug-likeness (QED) is 0.215. The predicted molar refractivity (Wildman–Crippen MR) is 142 cm³/mol. The van der Waals surface area contributed by atoms with Crippen LogP contribution in [0.4, 0.5) is 6.01 Å². The minimum atomic E-state index is -0.849. The standard InChI is InChI=1S/C29H32N2O6/c1-3-22(28(32)33)20-36-25-9-6-8-21(18-25)19-31(29-30-26-10-4-5-11-27(26)37-29)16-7-17-35-24-14-12-23(34-2)13-15-24/h4-6,8-15,18,22H,3,7,16-17,19-20H2,1-2H3,(H,32,33)/t22-/m0/s1. The number of fused-ring (bicyclic) bond motifs is 1. The fourth-order valence-corrected chi connectivity index (χ4v) is 3.87. The fraction of sp³-hybridized carbons (Fsp3) is 0.310. The molecule has 0 fully saturated rings. The van der Waals surface area contributed by atoms with Gasteiger partial charge in [0.2, 0.25) is 0 Å². The van der Waals surface area contributed by atoms with Crippen molar-refractivity contribution in [3.05, 3.63) is 78.4 Å². The summed E-state index contributed by atoms with van der Waals surface area (Å²) in [6.45, 7) is 3.70. The normalized spacial score (nSPS) is 11.7. The van der Waals surface area contributed by atoms with Crippen LogP contribution in [0.15, 0.2) is 77.2 Å². The summed E-state index contributed by atoms with van der Waals surface area (Å²) in [4.78, 5) is 18.1. The first-order valence-corrected chi connectivity index (χ1v) is 12.4. The molecule has 8 nitrogen and oxygen atoms in total. The van der Waals surface area contributed by atoms with Gasteiger partial charge in [0, 0.05) is 13.1 Å². The molecule has 194 valence electrons. The summed E-state index contributed by atoms with van der Waals surface area (Å²) in [7, 11) is 1.64. The highest BCUT2D eigenvalue weighted by Crippen LogP contribution is 2.25. The van der Waals surface area contributed by atoms with Crippen LogP contribution < -0.4 is 19.1 Å². The Hall–Kier alpha value is -4.20. The number of rotatable bonds is 14. The predicted octanol–water partition coefficient (Wildman–Crippen LogP) is 5.80. The van der Waals surface area contributed by atoms with Gasteiger partial charge in [-0.1, -0.05) is 31.2 Å². The molecule has 0 unspecified atom stereocenters. The highest BCUT2D eigenvalue weighted by atomic mass is 16.5. The number of oxazole rings is 1. The number of hydrogen-bond acceptors (Lipinski definition) is 7. The zero-order chi connectivity index (χ0) is 26.0. The second kappa shape index (κ2) is 12.7. The number of methoxy groups -OCH3 is 1. The largest absolute Gasteiger partial charge is 0.497 e. The molecule has 0 bridgehead atoms. The number of ether oxygens (including phenoxy) is 3. The van der Waals surface area contributed by atoms with E-state index in [1.165, 1.54) is 0 Å². The second-order valence-electron chi connectivity index (χ2n) is 8.67. The van der Waals surface area contributed by atoms with Crippen molar-refractivity contribution in [1.29, 1.82) is 0 Å². The zero-order valence-corrected chi connectivity index (χ0v) is 21.1. The molecule has 1 N–H and O–H groups in total. The molecule has 0 amide bonds. The average Bonchev–Trinajstić information content (AvgIpc) is 3.35. The van der Waals surface area contributed by atoms with E-state index in [1.54, 1.807) is 7.11 Å². The molecule has 37 heavy (non-hydrogen) atoms. The molecule has 0 saturated carbocycles. The number of carboxylic acids is 1. The smallest absolute Gasteiger partial charge is 0.309 e. The Labute approximate surface area is 216 Å². The van der Waals surface area contributed by atoms with E-state index in [0.29, 0.717) is 37.9 Å². The van der Waals surface area contributed by atoms with Crippen LogP contribution in [0.2, 0.25) is 0 Å². The minimum absolute atomic E-state index is 0.132. The van der Waals surface area contributed by atoms with Crippen LogP contribution in [0, 0.1) is 5.92 Å². The van der Waals surface area contributed by atoms with E-state index in [9.17, 15) is 9.90 Å². The molecular weight excluding hydrogens is 472 g/mol. The summed E-state index contributed by atoms with van der Waals surface area (Å²) < 4.78 is 22.9. The molecule has 1 heterocycles. The van der Waals surface area contributed by atoms with Crippen LogP contribution >= 0.6 is 0 Å². The Bertz CT molecular complexity index is 1250. The molecule has 3 aromatic carbocycles. The third-order valence-electron chi connectivity index (χ3n) is 6.02. The van der Waals surface area contributed by atoms with Gasteiger partial charge in [-0.05, 0) is 66.9 Å². The number of carbonyl (C=O) groups is 1. The van der Waals surface area contributed by atoms with Crippen molar-refractivity contribution in [2.75, 3.05) is 31.8 Å². The molecule has 4 rings (SSSR count). The summed E-state index contributed by atoms with van der Waals surface area (Å²) in [6, 6.07) is 23.4. The molecule has 0 aliphatic carbocycles. The summed E-state index contributed by atoms with van der Waals surface area (Å²) in [5, 5.41) is 9.29. The number of benzene rings is 3. The third-order valence-corrected chi connectivity index (χ3v) is 6.02. The maximum atomic E-state index is 11.3. The van der Waals surface area contributed by atoms with Gasteiger partial charge in [-0.15, -0.1) is 0 Å². The van der Waals surface area contributed by atoms with Crippen LogP contribution in [0.25, 0.3) is 11.1 Å². The van der Waals surface area contributed by atoms with Crippen LogP contribution in [0.1, 0.15) is 25.3 Å². The lowest BCUT2D eigenvalue weighted by Gasteiger charge is -2.21. The van der Waals surface area contributed by atoms with Crippen LogP contribution in [-0.4, -0.2) is 42.9 Å². The minimum Gasteiger partial charge on any atom is -0.497 e. The Balaban J connectivity index is 1.43. The first-order chi connectivity index (χ1) is 18.1. The van der Waals surface area contributed by atoms with Crippen molar-refractivity contribution in [3.8, 4) is 17.2 Å². The van der Waals surface area contributed by atoms with E-state index in [0.717, 1.165) is 34.6 Å². The summed E-state index contributed by atoms with van der Waals surface area (Å²) in [5.41, 5.74) is 2.53. The number of aliphatic carboxylic acids is 1. The monoisotopic (exact) mass is 504 g/mol. The first kappa shape index (κ1) is 25.9. The van der Waals surface area contributed by atoms with Gasteiger partial charge in [-0.25, -0.2) is 0 Å². The molecule has 8 heteroatoms. The van der Waals surface area contributed by atoms with E-state index < -0.39 is 11.9 Å². The number of hydrogen-bond donors (Lipinski definition) is 1. The lowest BCUT2D eigenvalue weighted by atomic mass is 10.1. The van der Waals surface area contributed by atoms with E-state index in [2.05, 4.69) is 9.88 Å². The molecule has 1 aromatic heterocycles. The summed E-state index contributed by atoms with van der Waals surface area (Å²) in [6.07, 6.45) is 1.26. The topological polar surface area (TPSA) is 94.3 Å². The van der Waals surface area contributed by atoms with Gasteiger partial charge in [-0.3, -0.25) is 4.79 Å². The molecule has 4 aromatic rings. The van der Waals surface area contributed by atoms with E-state index in [1.807, 2.05) is 79.7 Å². The zero-order valence-electron chi connectivity index (χ0n) is 21.1. The van der Waals surface area contributed by atoms with Crippen molar-refractivity contribution in [1.82, 2.24) is 4.98 Å². The van der Waals surface area contributed by atoms with Gasteiger partial charge in [0.05, 0.1) is 19.6 Å². The lowest BCUT2D eigenvalue weighted by Crippen LogP contribution is -2.25. The molecule has 0 spiro atoms. The number of aromatic nitrogens is 1. The van der Waals surface area contributed by atoms with E-state index in [4.69, 9.17) is 18.6 Å². The average molecular weight is 505 g/mol. The second-order valence-corrected chi connectivity index (χ2v) is 8.67. The van der Waals surface area contributed by atoms with Gasteiger partial charge in [-0.2, -0.15) is 4.98 Å². The maximum absolute atomic E-state index is 11.3. The molecular formula is C29H32N2O6. The lowest BCUT2D eigenvalue weighted by molar-refractivity contribution is -0.142. The van der Waals surface area contributed by atoms with Crippen LogP contribution in [0.3, 0.4) is 0 Å². The van der Waals surface area contributed by atoms with Gasteiger partial charge >= 0.3 is 5.97 Å². The Morgan fingerprint density at radius 3 is 2.51 bits per heavy atom. The molecule has 0 saturated heterocycles. The van der Waals surface area contributed by atoms with Crippen LogP contribution in [-0.2, 0) is 11.3 Å². The highest BCUT2D eigenvalue weighted by molar-refractivity contribution is 5.74. The fourth-order valence-electron chi connectivity index (χ4n) is 3.87. The van der Waals surface area contributed by atoms with Gasteiger partial charge in [0.25, 0.3) is 6.01 Å². The highest BCUT2D eigenvalue weighted by Gasteiger charge is 2.17. The Morgan fingerprint density at radius 2 is 1.78 bits per heavy atom. The van der Waals surface area contributed by atoms with Gasteiger partial charge < -0.3 is 28.6 Å². The molecule has 1 atom stereocenters. The van der Waals surface area contributed by atoms with E-state index in [-0.39, 0.29) is 6.61 Å². The molecule has 0 aliphatic heterocycles. The Kier molecular flexibility index (Phi) is 8.86. The number of nitrogens with zero attached hydrogens (tertiary/aromatic N) is 2. The van der Waals surface area contributed by atoms with Crippen molar-refractivity contribution in [2.24, 2.45) is 5.92 Å².